The Labute approximate surface area is 185 Å². The second-order valence-corrected chi connectivity index (χ2v) is 9.36. The van der Waals surface area contributed by atoms with Gasteiger partial charge in [0, 0.05) is 36.8 Å². The summed E-state index contributed by atoms with van der Waals surface area (Å²) in [6.07, 6.45) is 10.4. The fraction of sp³-hybridized carbons (Fsp3) is 0.583. The zero-order chi connectivity index (χ0) is 20.9. The van der Waals surface area contributed by atoms with Crippen LogP contribution in [0, 0.1) is 0 Å². The molecule has 30 heavy (non-hydrogen) atoms. The van der Waals surface area contributed by atoms with E-state index in [1.807, 2.05) is 12.1 Å². The number of nitrogens with zero attached hydrogens (tertiary/aromatic N) is 3. The first kappa shape index (κ1) is 21.4. The van der Waals surface area contributed by atoms with Crippen molar-refractivity contribution in [2.75, 3.05) is 30.9 Å². The number of rotatable bonds is 7. The van der Waals surface area contributed by atoms with Crippen LogP contribution in [0.1, 0.15) is 55.3 Å². The summed E-state index contributed by atoms with van der Waals surface area (Å²) in [4.78, 5) is 11.9. The topological polar surface area (TPSA) is 53.1 Å². The molecule has 2 aliphatic carbocycles. The molecule has 0 atom stereocenters. The van der Waals surface area contributed by atoms with E-state index in [9.17, 15) is 0 Å². The Kier molecular flexibility index (Phi) is 7.11. The predicted octanol–water partition coefficient (Wildman–Crippen LogP) is 4.63. The van der Waals surface area contributed by atoms with Crippen molar-refractivity contribution in [2.24, 2.45) is 0 Å². The molecular formula is C24H34ClN5. The summed E-state index contributed by atoms with van der Waals surface area (Å²) >= 11 is 6.08. The van der Waals surface area contributed by atoms with Gasteiger partial charge in [-0.3, -0.25) is 0 Å². The third kappa shape index (κ3) is 5.44. The van der Waals surface area contributed by atoms with Crippen LogP contribution in [0.3, 0.4) is 0 Å². The van der Waals surface area contributed by atoms with Crippen LogP contribution in [-0.4, -0.2) is 42.7 Å². The van der Waals surface area contributed by atoms with Crippen molar-refractivity contribution >= 4 is 23.4 Å². The fourth-order valence-electron chi connectivity index (χ4n) is 4.75. The first-order valence-electron chi connectivity index (χ1n) is 11.4. The van der Waals surface area contributed by atoms with Gasteiger partial charge < -0.3 is 15.5 Å². The van der Waals surface area contributed by atoms with Crippen molar-refractivity contribution in [3.63, 3.8) is 0 Å². The van der Waals surface area contributed by atoms with Crippen LogP contribution in [0.4, 0.5) is 11.8 Å². The average molecular weight is 428 g/mol. The number of hydrogen-bond acceptors (Lipinski definition) is 5. The molecule has 0 spiro atoms. The van der Waals surface area contributed by atoms with E-state index in [0.29, 0.717) is 12.1 Å². The van der Waals surface area contributed by atoms with Gasteiger partial charge in [-0.1, -0.05) is 23.7 Å². The number of aryl methyl sites for hydroxylation is 1. The molecule has 0 unspecified atom stereocenters. The smallest absolute Gasteiger partial charge is 0.225 e. The fourth-order valence-corrected chi connectivity index (χ4v) is 4.96. The van der Waals surface area contributed by atoms with Crippen molar-refractivity contribution in [3.8, 4) is 0 Å². The van der Waals surface area contributed by atoms with E-state index < -0.39 is 0 Å². The van der Waals surface area contributed by atoms with Crippen molar-refractivity contribution in [2.45, 2.75) is 69.9 Å². The maximum Gasteiger partial charge on any atom is 0.225 e. The van der Waals surface area contributed by atoms with Crippen molar-refractivity contribution in [3.05, 3.63) is 46.1 Å². The van der Waals surface area contributed by atoms with Crippen LogP contribution in [0.15, 0.2) is 24.3 Å². The van der Waals surface area contributed by atoms with Crippen LogP contribution in [-0.2, 0) is 19.3 Å². The minimum Gasteiger partial charge on any atom is -0.362 e. The summed E-state index contributed by atoms with van der Waals surface area (Å²) in [6.45, 7) is 1.00. The molecule has 1 aromatic heterocycles. The minimum absolute atomic E-state index is 0.465. The normalized spacial score (nSPS) is 21.2. The Balaban J connectivity index is 1.27. The molecular weight excluding hydrogens is 394 g/mol. The van der Waals surface area contributed by atoms with Gasteiger partial charge in [-0.05, 0) is 82.0 Å². The highest BCUT2D eigenvalue weighted by atomic mass is 35.5. The van der Waals surface area contributed by atoms with E-state index >= 15 is 0 Å². The van der Waals surface area contributed by atoms with Crippen LogP contribution in [0.5, 0.6) is 0 Å². The van der Waals surface area contributed by atoms with E-state index in [1.165, 1.54) is 42.5 Å². The van der Waals surface area contributed by atoms with E-state index in [4.69, 9.17) is 21.6 Å². The average Bonchev–Trinajstić information content (AvgIpc) is 2.74. The highest BCUT2D eigenvalue weighted by Crippen LogP contribution is 2.29. The third-order valence-corrected chi connectivity index (χ3v) is 6.62. The Hall–Kier alpha value is -1.85. The number of benzene rings is 1. The Bertz CT molecular complexity index is 845. The molecule has 1 saturated carbocycles. The summed E-state index contributed by atoms with van der Waals surface area (Å²) in [5.41, 5.74) is 3.90. The van der Waals surface area contributed by atoms with E-state index in [-0.39, 0.29) is 0 Å². The van der Waals surface area contributed by atoms with Gasteiger partial charge in [-0.15, -0.1) is 0 Å². The zero-order valence-corrected chi connectivity index (χ0v) is 19.0. The molecule has 0 amide bonds. The van der Waals surface area contributed by atoms with Gasteiger partial charge in [-0.2, -0.15) is 4.98 Å². The monoisotopic (exact) mass is 427 g/mol. The quantitative estimate of drug-likeness (QED) is 0.674. The van der Waals surface area contributed by atoms with Gasteiger partial charge in [0.1, 0.15) is 5.82 Å². The van der Waals surface area contributed by atoms with Gasteiger partial charge >= 0.3 is 0 Å². The summed E-state index contributed by atoms with van der Waals surface area (Å²) in [7, 11) is 4.17. The number of hydrogen-bond donors (Lipinski definition) is 2. The second kappa shape index (κ2) is 9.97. The molecule has 5 nitrogen and oxygen atoms in total. The lowest BCUT2D eigenvalue weighted by Gasteiger charge is -2.30. The Morgan fingerprint density at radius 2 is 1.80 bits per heavy atom. The standard InChI is InChI=1S/C24H34ClN5/c1-30(2)23-21-8-3-4-9-22(21)28-24(29-23)27-20-12-10-19(11-13-20)26-15-14-17-6-5-7-18(25)16-17/h5-7,16,19-20,26H,3-4,8-15H2,1-2H3,(H,27,28,29)/t19-,20+. The van der Waals surface area contributed by atoms with Crippen molar-refractivity contribution in [1.29, 1.82) is 0 Å². The molecule has 0 aliphatic heterocycles. The molecule has 0 bridgehead atoms. The number of aromatic nitrogens is 2. The zero-order valence-electron chi connectivity index (χ0n) is 18.3. The Morgan fingerprint density at radius 3 is 2.57 bits per heavy atom. The van der Waals surface area contributed by atoms with Crippen LogP contribution < -0.4 is 15.5 Å². The largest absolute Gasteiger partial charge is 0.362 e. The van der Waals surface area contributed by atoms with Gasteiger partial charge in [0.05, 0.1) is 5.69 Å². The molecule has 2 aliphatic rings. The van der Waals surface area contributed by atoms with Gasteiger partial charge in [-0.25, -0.2) is 4.98 Å². The lowest BCUT2D eigenvalue weighted by molar-refractivity contribution is 0.355. The van der Waals surface area contributed by atoms with Gasteiger partial charge in [0.2, 0.25) is 5.95 Å². The lowest BCUT2D eigenvalue weighted by Crippen LogP contribution is -2.38. The van der Waals surface area contributed by atoms with Crippen LogP contribution in [0.25, 0.3) is 0 Å². The van der Waals surface area contributed by atoms with E-state index in [1.54, 1.807) is 0 Å². The first-order valence-corrected chi connectivity index (χ1v) is 11.8. The molecule has 1 aromatic carbocycles. The number of anilines is 2. The highest BCUT2D eigenvalue weighted by Gasteiger charge is 2.23. The molecule has 0 radical (unpaired) electrons. The van der Waals surface area contributed by atoms with Crippen molar-refractivity contribution < 1.29 is 0 Å². The van der Waals surface area contributed by atoms with Crippen LogP contribution in [0.2, 0.25) is 5.02 Å². The summed E-state index contributed by atoms with van der Waals surface area (Å²) < 4.78 is 0. The lowest BCUT2D eigenvalue weighted by atomic mass is 9.91. The van der Waals surface area contributed by atoms with Crippen molar-refractivity contribution in [1.82, 2.24) is 15.3 Å². The molecule has 0 saturated heterocycles. The molecule has 2 N–H and O–H groups in total. The molecule has 2 aromatic rings. The van der Waals surface area contributed by atoms with Gasteiger partial charge in [0.25, 0.3) is 0 Å². The maximum atomic E-state index is 6.08. The summed E-state index contributed by atoms with van der Waals surface area (Å²) in [6, 6.07) is 9.23. The molecule has 6 heteroatoms. The molecule has 162 valence electrons. The summed E-state index contributed by atoms with van der Waals surface area (Å²) in [5, 5.41) is 8.19. The number of fused-ring (bicyclic) bond motifs is 1. The SMILES string of the molecule is CN(C)c1nc(N[C@H]2CC[C@@H](NCCc3cccc(Cl)c3)CC2)nc2c1CCCC2. The Morgan fingerprint density at radius 1 is 1.03 bits per heavy atom. The third-order valence-electron chi connectivity index (χ3n) is 6.38. The number of nitrogens with one attached hydrogen (secondary N) is 2. The minimum atomic E-state index is 0.465. The number of halogens is 1. The highest BCUT2D eigenvalue weighted by molar-refractivity contribution is 6.30. The van der Waals surface area contributed by atoms with E-state index in [2.05, 4.69) is 41.8 Å². The van der Waals surface area contributed by atoms with E-state index in [0.717, 1.165) is 55.4 Å². The molecule has 4 rings (SSSR count). The van der Waals surface area contributed by atoms with Gasteiger partial charge in [0.15, 0.2) is 0 Å². The summed E-state index contributed by atoms with van der Waals surface area (Å²) in [5.74, 6) is 1.91. The molecule has 1 fully saturated rings. The predicted molar refractivity (Wildman–Crippen MR) is 126 cm³/mol. The van der Waals surface area contributed by atoms with Crippen LogP contribution >= 0.6 is 11.6 Å². The first-order chi connectivity index (χ1) is 14.6. The molecule has 1 heterocycles. The second-order valence-electron chi connectivity index (χ2n) is 8.92. The maximum absolute atomic E-state index is 6.08.